The molecule has 28 heavy (non-hydrogen) atoms. The first-order valence-corrected chi connectivity index (χ1v) is 8.31. The van der Waals surface area contributed by atoms with E-state index in [2.05, 4.69) is 0 Å². The van der Waals surface area contributed by atoms with Crippen LogP contribution in [-0.2, 0) is 21.7 Å². The van der Waals surface area contributed by atoms with Crippen molar-refractivity contribution in [3.05, 3.63) is 59.2 Å². The van der Waals surface area contributed by atoms with Crippen molar-refractivity contribution in [3.8, 4) is 17.2 Å². The van der Waals surface area contributed by atoms with E-state index >= 15 is 0 Å². The van der Waals surface area contributed by atoms with Gasteiger partial charge in [0.25, 0.3) is 0 Å². The minimum Gasteiger partial charge on any atom is -0.508 e. The van der Waals surface area contributed by atoms with Gasteiger partial charge in [-0.2, -0.15) is 0 Å². The maximum Gasteiger partial charge on any atom is 0.330 e. The zero-order valence-electron chi connectivity index (χ0n) is 15.2. The van der Waals surface area contributed by atoms with Gasteiger partial charge in [-0.25, -0.2) is 4.79 Å². The molecule has 150 valence electrons. The second-order valence-corrected chi connectivity index (χ2v) is 6.07. The Labute approximate surface area is 161 Å². The van der Waals surface area contributed by atoms with Crippen molar-refractivity contribution < 1.29 is 39.8 Å². The number of esters is 1. The van der Waals surface area contributed by atoms with Crippen molar-refractivity contribution in [1.82, 2.24) is 0 Å². The van der Waals surface area contributed by atoms with Gasteiger partial charge in [-0.3, -0.25) is 0 Å². The highest BCUT2D eigenvalue weighted by atomic mass is 16.5. The van der Waals surface area contributed by atoms with E-state index in [0.29, 0.717) is 11.1 Å². The number of benzene rings is 2. The summed E-state index contributed by atoms with van der Waals surface area (Å²) in [7, 11) is 1.40. The molecule has 0 saturated heterocycles. The fourth-order valence-electron chi connectivity index (χ4n) is 2.48. The number of phenolic OH excluding ortho intramolecular Hbond substituents is 2. The molecule has 0 aliphatic rings. The summed E-state index contributed by atoms with van der Waals surface area (Å²) in [6, 6.07) is 8.54. The van der Waals surface area contributed by atoms with Crippen LogP contribution in [0.25, 0.3) is 6.08 Å². The first-order valence-electron chi connectivity index (χ1n) is 8.31. The smallest absolute Gasteiger partial charge is 0.330 e. The number of carbonyl (C=O) groups excluding carboxylic acids is 1. The molecule has 0 amide bonds. The number of aliphatic hydroxyl groups excluding tert-OH is 2. The zero-order valence-corrected chi connectivity index (χ0v) is 15.2. The summed E-state index contributed by atoms with van der Waals surface area (Å²) in [5.74, 6) is -0.925. The van der Waals surface area contributed by atoms with E-state index in [-0.39, 0.29) is 29.4 Å². The summed E-state index contributed by atoms with van der Waals surface area (Å²) in [5.41, 5.74) is -1.05. The molecular weight excluding hydrogens is 368 g/mol. The lowest BCUT2D eigenvalue weighted by Crippen LogP contribution is -2.36. The van der Waals surface area contributed by atoms with Crippen LogP contribution in [0.1, 0.15) is 16.7 Å². The molecule has 0 aromatic heterocycles. The van der Waals surface area contributed by atoms with Crippen LogP contribution >= 0.6 is 0 Å². The van der Waals surface area contributed by atoms with E-state index < -0.39 is 24.8 Å². The summed E-state index contributed by atoms with van der Waals surface area (Å²) in [6.07, 6.45) is 2.54. The molecule has 1 unspecified atom stereocenters. The number of carbonyl (C=O) groups is 1. The molecule has 8 nitrogen and oxygen atoms in total. The molecule has 0 saturated carbocycles. The van der Waals surface area contributed by atoms with Gasteiger partial charge in [0.2, 0.25) is 0 Å². The Morgan fingerprint density at radius 1 is 1.11 bits per heavy atom. The highest BCUT2D eigenvalue weighted by molar-refractivity contribution is 5.87. The van der Waals surface area contributed by atoms with E-state index in [1.807, 2.05) is 0 Å². The van der Waals surface area contributed by atoms with Gasteiger partial charge in [0, 0.05) is 11.6 Å². The lowest BCUT2D eigenvalue weighted by Gasteiger charge is -2.26. The van der Waals surface area contributed by atoms with Crippen molar-refractivity contribution in [3.63, 3.8) is 0 Å². The number of methoxy groups -OCH3 is 1. The standard InChI is InChI=1S/C20H22O8/c1-27-18-9-13(3-6-16(18)23)4-7-19(25)28-12-20(26,11-22)15-5-2-14(10-21)8-17(15)24/h2-9,21-24,26H,10-12H2,1H3/b7-4+. The van der Waals surface area contributed by atoms with E-state index in [0.717, 1.165) is 6.08 Å². The molecule has 0 aliphatic carbocycles. The second kappa shape index (κ2) is 9.23. The lowest BCUT2D eigenvalue weighted by molar-refractivity contribution is -0.149. The molecular formula is C20H22O8. The van der Waals surface area contributed by atoms with Crippen molar-refractivity contribution in [2.24, 2.45) is 0 Å². The van der Waals surface area contributed by atoms with E-state index in [1.54, 1.807) is 6.07 Å². The Kier molecular flexibility index (Phi) is 7.00. The van der Waals surface area contributed by atoms with Crippen molar-refractivity contribution in [2.45, 2.75) is 12.2 Å². The van der Waals surface area contributed by atoms with Crippen molar-refractivity contribution in [2.75, 3.05) is 20.3 Å². The van der Waals surface area contributed by atoms with Gasteiger partial charge in [-0.1, -0.05) is 18.2 Å². The van der Waals surface area contributed by atoms with Crippen LogP contribution in [0.3, 0.4) is 0 Å². The van der Waals surface area contributed by atoms with Gasteiger partial charge in [0.1, 0.15) is 18.0 Å². The molecule has 5 N–H and O–H groups in total. The van der Waals surface area contributed by atoms with E-state index in [1.165, 1.54) is 43.5 Å². The van der Waals surface area contributed by atoms with Crippen LogP contribution in [0.5, 0.6) is 17.2 Å². The number of aromatic hydroxyl groups is 2. The first-order chi connectivity index (χ1) is 13.3. The minimum absolute atomic E-state index is 0.0350. The summed E-state index contributed by atoms with van der Waals surface area (Å²) in [6.45, 7) is -1.70. The monoisotopic (exact) mass is 390 g/mol. The fourth-order valence-corrected chi connectivity index (χ4v) is 2.48. The quantitative estimate of drug-likeness (QED) is 0.333. The Balaban J connectivity index is 2.07. The number of hydrogen-bond acceptors (Lipinski definition) is 8. The zero-order chi connectivity index (χ0) is 20.7. The van der Waals surface area contributed by atoms with Crippen molar-refractivity contribution >= 4 is 12.0 Å². The highest BCUT2D eigenvalue weighted by Gasteiger charge is 2.33. The lowest BCUT2D eigenvalue weighted by atomic mass is 9.93. The normalized spacial score (nSPS) is 13.3. The Morgan fingerprint density at radius 2 is 1.86 bits per heavy atom. The fraction of sp³-hybridized carbons (Fsp3) is 0.250. The molecule has 2 aromatic rings. The molecule has 2 aromatic carbocycles. The third-order valence-corrected chi connectivity index (χ3v) is 4.08. The predicted molar refractivity (Wildman–Crippen MR) is 99.7 cm³/mol. The molecule has 0 radical (unpaired) electrons. The van der Waals surface area contributed by atoms with Crippen LogP contribution in [0.15, 0.2) is 42.5 Å². The first kappa shape index (κ1) is 21.2. The molecule has 2 rings (SSSR count). The van der Waals surface area contributed by atoms with Crippen LogP contribution in [-0.4, -0.2) is 51.8 Å². The number of rotatable bonds is 8. The summed E-state index contributed by atoms with van der Waals surface area (Å²) >= 11 is 0. The Bertz CT molecular complexity index is 861. The SMILES string of the molecule is COc1cc(/C=C/C(=O)OCC(O)(CO)c2ccc(CO)cc2O)ccc1O. The van der Waals surface area contributed by atoms with Crippen LogP contribution in [0.4, 0.5) is 0 Å². The third kappa shape index (κ3) is 5.01. The molecule has 0 heterocycles. The Hall–Kier alpha value is -3.07. The number of hydrogen-bond donors (Lipinski definition) is 5. The van der Waals surface area contributed by atoms with Gasteiger partial charge in [-0.15, -0.1) is 0 Å². The van der Waals surface area contributed by atoms with E-state index in [9.17, 15) is 25.2 Å². The van der Waals surface area contributed by atoms with Crippen LogP contribution in [0.2, 0.25) is 0 Å². The maximum atomic E-state index is 11.9. The average Bonchev–Trinajstić information content (AvgIpc) is 2.71. The minimum atomic E-state index is -2.01. The second-order valence-electron chi connectivity index (χ2n) is 6.07. The molecule has 0 aliphatic heterocycles. The average molecular weight is 390 g/mol. The van der Waals surface area contributed by atoms with Gasteiger partial charge in [0.15, 0.2) is 11.5 Å². The topological polar surface area (TPSA) is 137 Å². The molecule has 0 fully saturated rings. The van der Waals surface area contributed by atoms with Crippen LogP contribution < -0.4 is 4.74 Å². The number of aliphatic hydroxyl groups is 3. The summed E-state index contributed by atoms with van der Waals surface area (Å²) in [5, 5.41) is 48.7. The summed E-state index contributed by atoms with van der Waals surface area (Å²) < 4.78 is 9.96. The summed E-state index contributed by atoms with van der Waals surface area (Å²) in [4.78, 5) is 11.9. The molecule has 0 spiro atoms. The van der Waals surface area contributed by atoms with Crippen LogP contribution in [0, 0.1) is 0 Å². The Morgan fingerprint density at radius 3 is 2.46 bits per heavy atom. The largest absolute Gasteiger partial charge is 0.508 e. The molecule has 1 atom stereocenters. The maximum absolute atomic E-state index is 11.9. The van der Waals surface area contributed by atoms with E-state index in [4.69, 9.17) is 14.6 Å². The van der Waals surface area contributed by atoms with Gasteiger partial charge < -0.3 is 35.0 Å². The third-order valence-electron chi connectivity index (χ3n) is 4.08. The number of phenols is 2. The van der Waals surface area contributed by atoms with Gasteiger partial charge in [0.05, 0.1) is 20.3 Å². The molecule has 0 bridgehead atoms. The van der Waals surface area contributed by atoms with Gasteiger partial charge in [-0.05, 0) is 35.4 Å². The van der Waals surface area contributed by atoms with Gasteiger partial charge >= 0.3 is 5.97 Å². The van der Waals surface area contributed by atoms with Crippen molar-refractivity contribution in [1.29, 1.82) is 0 Å². The molecule has 8 heteroatoms. The predicted octanol–water partition coefficient (Wildman–Crippen LogP) is 1.04. The highest BCUT2D eigenvalue weighted by Crippen LogP contribution is 2.31. The number of ether oxygens (including phenoxy) is 2.